The van der Waals surface area contributed by atoms with Crippen LogP contribution in [0.5, 0.6) is 0 Å². The van der Waals surface area contributed by atoms with E-state index in [-0.39, 0.29) is 67.9 Å². The van der Waals surface area contributed by atoms with Crippen LogP contribution in [0, 0.1) is 41.4 Å². The van der Waals surface area contributed by atoms with Crippen LogP contribution in [0.1, 0.15) is 189 Å². The molecule has 1 fully saturated rings. The van der Waals surface area contributed by atoms with Gasteiger partial charge < -0.3 is 66.0 Å². The topological polar surface area (TPSA) is 291 Å². The van der Waals surface area contributed by atoms with Crippen molar-refractivity contribution in [3.63, 3.8) is 0 Å². The fourth-order valence-corrected chi connectivity index (χ4v) is 13.0. The standard InChI is InChI=1S/C71H130N12O12S/c1-27-29-31-48(15)38-54-62(86)75-51(28-2)65(89)82(25)57(41-96-35-30-34-72-40-45(9)10)68(92)81(24)56(39-71(18,19)95)63(87)76-58(46(11)12)69(93)78(21)53(36-43(5)6)61(85)73-49(16)60(84)74-50(17)64(88)80(23)55(37-44(7)8)67(91)77(20)52(33-32-42(3)4)66(90)83(26)59(47(13)14)70(94)79(54)22/h27,29,42-59,72,95H,28,30-41H2,1-26H3,(H,73,85)(H,74,84)(H,75,86)(H,76,87)/b29-27+/t48-,49-,50+,51-,52-,53-,54-,55+,56+,57-,58-,59-/m1/s1. The molecule has 1 heterocycles. The summed E-state index contributed by atoms with van der Waals surface area (Å²) in [6.45, 7) is 35.6. The number of amides is 11. The molecule has 12 atom stereocenters. The number of hydrogen-bond acceptors (Lipinski definition) is 14. The van der Waals surface area contributed by atoms with Gasteiger partial charge in [0.15, 0.2) is 0 Å². The Morgan fingerprint density at radius 1 is 0.510 bits per heavy atom. The first kappa shape index (κ1) is 88.2. The molecule has 0 bridgehead atoms. The molecular weight excluding hydrogens is 1240 g/mol. The molecule has 0 aromatic rings. The smallest absolute Gasteiger partial charge is 0.246 e. The number of rotatable bonds is 24. The lowest BCUT2D eigenvalue weighted by atomic mass is 9.94. The molecule has 0 aromatic heterocycles. The fraction of sp³-hybridized carbons (Fsp3) is 0.817. The summed E-state index contributed by atoms with van der Waals surface area (Å²) in [5, 5.41) is 26.1. The summed E-state index contributed by atoms with van der Waals surface area (Å²) in [6, 6.07) is -13.4. The SMILES string of the molecule is C/C=C/C[C@@H](C)C[C@@H]1C(=O)N[C@H](CC)C(=O)N(C)[C@H](CSCCCNCC(C)C)C(=O)N(C)[C@@H](CC(C)(C)O)C(=O)N[C@H](C(C)C)C(=O)N(C)[C@H](CC(C)C)C(=O)N[C@H](C)C(=O)N[C@@H](C)C(=O)N(C)[C@@H](CC(C)C)C(=O)N(C)[C@H](CCC(C)C)C(=O)N(C)[C@H](C(C)C)C(=O)N1C. The van der Waals surface area contributed by atoms with Crippen LogP contribution in [0.3, 0.4) is 0 Å². The minimum Gasteiger partial charge on any atom is -0.390 e. The molecule has 0 saturated carbocycles. The van der Waals surface area contributed by atoms with E-state index >= 15 is 33.6 Å². The molecule has 0 spiro atoms. The molecule has 1 aliphatic rings. The molecule has 1 saturated heterocycles. The van der Waals surface area contributed by atoms with E-state index in [1.807, 2.05) is 67.5 Å². The normalized spacial score (nSPS) is 25.8. The van der Waals surface area contributed by atoms with Crippen LogP contribution in [0.4, 0.5) is 0 Å². The van der Waals surface area contributed by atoms with Crippen LogP contribution < -0.4 is 26.6 Å². The molecule has 552 valence electrons. The van der Waals surface area contributed by atoms with Gasteiger partial charge >= 0.3 is 0 Å². The Kier molecular flexibility index (Phi) is 38.2. The largest absolute Gasteiger partial charge is 0.390 e. The molecule has 96 heavy (non-hydrogen) atoms. The second-order valence-electron chi connectivity index (χ2n) is 30.0. The third kappa shape index (κ3) is 27.5. The maximum absolute atomic E-state index is 15.4. The third-order valence-corrected chi connectivity index (χ3v) is 19.1. The Bertz CT molecular complexity index is 2580. The van der Waals surface area contributed by atoms with Gasteiger partial charge in [-0.3, -0.25) is 52.7 Å². The highest BCUT2D eigenvalue weighted by Crippen LogP contribution is 2.27. The molecule has 1 rings (SSSR count). The van der Waals surface area contributed by atoms with Crippen molar-refractivity contribution in [1.29, 1.82) is 0 Å². The summed E-state index contributed by atoms with van der Waals surface area (Å²) in [5.74, 6) is -7.53. The number of carbonyl (C=O) groups excluding carboxylic acids is 11. The first-order valence-electron chi connectivity index (χ1n) is 35.1. The number of thioether (sulfide) groups is 1. The van der Waals surface area contributed by atoms with E-state index in [1.165, 1.54) is 123 Å². The van der Waals surface area contributed by atoms with Crippen molar-refractivity contribution < 1.29 is 57.8 Å². The summed E-state index contributed by atoms with van der Waals surface area (Å²) >= 11 is 1.43. The predicted molar refractivity (Wildman–Crippen MR) is 382 cm³/mol. The van der Waals surface area contributed by atoms with Crippen LogP contribution in [-0.4, -0.2) is 250 Å². The Balaban J connectivity index is 4.53. The number of allylic oxidation sites excluding steroid dienone is 2. The van der Waals surface area contributed by atoms with Crippen LogP contribution in [0.2, 0.25) is 0 Å². The highest BCUT2D eigenvalue weighted by molar-refractivity contribution is 7.99. The van der Waals surface area contributed by atoms with Gasteiger partial charge in [-0.2, -0.15) is 11.8 Å². The first-order chi connectivity index (χ1) is 44.4. The van der Waals surface area contributed by atoms with E-state index in [0.29, 0.717) is 31.1 Å². The van der Waals surface area contributed by atoms with E-state index in [2.05, 4.69) is 40.4 Å². The zero-order valence-electron chi connectivity index (χ0n) is 63.7. The summed E-state index contributed by atoms with van der Waals surface area (Å²) in [6.07, 6.45) is 6.03. The fourth-order valence-electron chi connectivity index (χ4n) is 11.9. The van der Waals surface area contributed by atoms with E-state index in [0.717, 1.165) is 13.0 Å². The second kappa shape index (κ2) is 41.6. The molecule has 25 heteroatoms. The van der Waals surface area contributed by atoms with Crippen LogP contribution in [0.25, 0.3) is 0 Å². The number of nitrogens with zero attached hydrogens (tertiary/aromatic N) is 7. The van der Waals surface area contributed by atoms with Gasteiger partial charge in [0.25, 0.3) is 0 Å². The highest BCUT2D eigenvalue weighted by atomic mass is 32.2. The third-order valence-electron chi connectivity index (χ3n) is 18.0. The van der Waals surface area contributed by atoms with E-state index in [4.69, 9.17) is 0 Å². The Hall–Kier alpha value is -5.82. The molecule has 0 unspecified atom stereocenters. The summed E-state index contributed by atoms with van der Waals surface area (Å²) in [7, 11) is 10.3. The second-order valence-corrected chi connectivity index (χ2v) is 31.2. The molecule has 6 N–H and O–H groups in total. The van der Waals surface area contributed by atoms with Crippen molar-refractivity contribution in [3.05, 3.63) is 12.2 Å². The Labute approximate surface area is 581 Å². The number of hydrogen-bond donors (Lipinski definition) is 6. The quantitative estimate of drug-likeness (QED) is 0.0511. The van der Waals surface area contributed by atoms with E-state index in [9.17, 15) is 24.3 Å². The first-order valence-corrected chi connectivity index (χ1v) is 36.3. The monoisotopic (exact) mass is 1370 g/mol. The lowest BCUT2D eigenvalue weighted by molar-refractivity contribution is -0.156. The molecule has 0 aromatic carbocycles. The molecule has 11 amide bonds. The lowest BCUT2D eigenvalue weighted by Gasteiger charge is -2.41. The molecule has 24 nitrogen and oxygen atoms in total. The van der Waals surface area contributed by atoms with Crippen LogP contribution in [0.15, 0.2) is 12.2 Å². The molecular formula is C71H130N12O12S. The number of aliphatic hydroxyl groups is 1. The minimum atomic E-state index is -1.56. The zero-order chi connectivity index (χ0) is 74.1. The maximum Gasteiger partial charge on any atom is 0.246 e. The van der Waals surface area contributed by atoms with Gasteiger partial charge in [0, 0.05) is 61.5 Å². The molecule has 0 radical (unpaired) electrons. The molecule has 0 aliphatic carbocycles. The lowest BCUT2D eigenvalue weighted by Crippen LogP contribution is -2.62. The van der Waals surface area contributed by atoms with Crippen molar-refractivity contribution in [3.8, 4) is 0 Å². The molecule has 1 aliphatic heterocycles. The van der Waals surface area contributed by atoms with Gasteiger partial charge in [0.2, 0.25) is 65.0 Å². The van der Waals surface area contributed by atoms with Gasteiger partial charge in [0.05, 0.1) is 5.60 Å². The minimum absolute atomic E-state index is 0.0617. The predicted octanol–water partition coefficient (Wildman–Crippen LogP) is 5.54. The summed E-state index contributed by atoms with van der Waals surface area (Å²) in [5.41, 5.74) is -1.56. The van der Waals surface area contributed by atoms with Gasteiger partial charge in [-0.05, 0) is 146 Å². The summed E-state index contributed by atoms with van der Waals surface area (Å²) < 4.78 is 0. The van der Waals surface area contributed by atoms with Crippen molar-refractivity contribution in [2.24, 2.45) is 41.4 Å². The Morgan fingerprint density at radius 3 is 1.49 bits per heavy atom. The maximum atomic E-state index is 15.4. The van der Waals surface area contributed by atoms with Crippen LogP contribution in [-0.2, 0) is 52.7 Å². The van der Waals surface area contributed by atoms with Gasteiger partial charge in [-0.25, -0.2) is 0 Å². The Morgan fingerprint density at radius 2 is 0.979 bits per heavy atom. The van der Waals surface area contributed by atoms with Crippen molar-refractivity contribution in [2.45, 2.75) is 261 Å². The van der Waals surface area contributed by atoms with Crippen molar-refractivity contribution in [1.82, 2.24) is 60.9 Å². The van der Waals surface area contributed by atoms with Crippen LogP contribution >= 0.6 is 11.8 Å². The van der Waals surface area contributed by atoms with Crippen molar-refractivity contribution >= 4 is 76.7 Å². The zero-order valence-corrected chi connectivity index (χ0v) is 64.5. The average Bonchev–Trinajstić information content (AvgIpc) is 0.821. The van der Waals surface area contributed by atoms with Gasteiger partial charge in [0.1, 0.15) is 66.5 Å². The highest BCUT2D eigenvalue weighted by Gasteiger charge is 2.45. The van der Waals surface area contributed by atoms with Crippen molar-refractivity contribution in [2.75, 3.05) is 73.9 Å². The number of carbonyl (C=O) groups is 11. The van der Waals surface area contributed by atoms with E-state index < -0.39 is 149 Å². The number of likely N-dealkylation sites (N-methyl/N-ethyl adjacent to an activating group) is 7. The van der Waals surface area contributed by atoms with Gasteiger partial charge in [-0.15, -0.1) is 0 Å². The summed E-state index contributed by atoms with van der Waals surface area (Å²) in [4.78, 5) is 173. The van der Waals surface area contributed by atoms with Gasteiger partial charge in [-0.1, -0.05) is 109 Å². The van der Waals surface area contributed by atoms with E-state index in [1.54, 1.807) is 34.6 Å². The average molecular weight is 1380 g/mol. The number of nitrogens with one attached hydrogen (secondary N) is 5.